The van der Waals surface area contributed by atoms with Gasteiger partial charge in [0.2, 0.25) is 11.9 Å². The van der Waals surface area contributed by atoms with E-state index in [2.05, 4.69) is 30.4 Å². The fourth-order valence-electron chi connectivity index (χ4n) is 3.00. The second-order valence-corrected chi connectivity index (χ2v) is 6.08. The summed E-state index contributed by atoms with van der Waals surface area (Å²) in [5.74, 6) is 1.36. The number of carbonyl (C=O) groups excluding carboxylic acids is 1. The minimum absolute atomic E-state index is 0.166. The number of hydrogen-bond acceptors (Lipinski definition) is 7. The predicted molar refractivity (Wildman–Crippen MR) is 98.9 cm³/mol. The molecule has 4 N–H and O–H groups in total. The van der Waals surface area contributed by atoms with Crippen molar-refractivity contribution in [3.05, 3.63) is 24.3 Å². The number of hydrogen-bond donors (Lipinski definition) is 3. The maximum Gasteiger partial charge on any atom is 0.222 e. The van der Waals surface area contributed by atoms with Crippen molar-refractivity contribution in [2.45, 2.75) is 6.92 Å². The van der Waals surface area contributed by atoms with E-state index < -0.39 is 0 Å². The Morgan fingerprint density at radius 2 is 2.08 bits per heavy atom. The van der Waals surface area contributed by atoms with E-state index in [-0.39, 0.29) is 11.9 Å². The monoisotopic (exact) mass is 353 g/mol. The van der Waals surface area contributed by atoms with Crippen LogP contribution in [0.4, 0.5) is 17.6 Å². The van der Waals surface area contributed by atoms with Gasteiger partial charge in [-0.2, -0.15) is 10.1 Å². The molecule has 0 unspecified atom stereocenters. The lowest BCUT2D eigenvalue weighted by molar-refractivity contribution is -0.114. The third kappa shape index (κ3) is 3.16. The molecule has 2 aromatic heterocycles. The zero-order valence-corrected chi connectivity index (χ0v) is 14.3. The number of aromatic nitrogens is 4. The van der Waals surface area contributed by atoms with Crippen LogP contribution in [0.1, 0.15) is 6.92 Å². The Morgan fingerprint density at radius 1 is 1.27 bits per heavy atom. The summed E-state index contributed by atoms with van der Waals surface area (Å²) in [6, 6.07) is 7.67. The molecule has 1 aliphatic heterocycles. The molecule has 3 heterocycles. The molecule has 3 aromatic rings. The first-order valence-electron chi connectivity index (χ1n) is 8.33. The average Bonchev–Trinajstić information content (AvgIpc) is 3.03. The van der Waals surface area contributed by atoms with Gasteiger partial charge in [0.25, 0.3) is 0 Å². The molecule has 134 valence electrons. The van der Waals surface area contributed by atoms with E-state index in [9.17, 15) is 4.79 Å². The fraction of sp³-hybridized carbons (Fsp3) is 0.294. The molecule has 0 atom stereocenters. The third-order valence-electron chi connectivity index (χ3n) is 4.22. The van der Waals surface area contributed by atoms with Gasteiger partial charge in [0.1, 0.15) is 5.82 Å². The minimum atomic E-state index is -0.166. The number of aromatic amines is 1. The van der Waals surface area contributed by atoms with Crippen LogP contribution in [-0.4, -0.2) is 52.4 Å². The van der Waals surface area contributed by atoms with E-state index in [1.54, 1.807) is 0 Å². The molecule has 1 fully saturated rings. The number of carbonyl (C=O) groups is 1. The lowest BCUT2D eigenvalue weighted by Crippen LogP contribution is -2.36. The quantitative estimate of drug-likeness (QED) is 0.650. The Labute approximate surface area is 149 Å². The van der Waals surface area contributed by atoms with Crippen molar-refractivity contribution < 1.29 is 9.53 Å². The van der Waals surface area contributed by atoms with Gasteiger partial charge in [-0.1, -0.05) is 6.07 Å². The second-order valence-electron chi connectivity index (χ2n) is 6.08. The number of anilines is 3. The maximum atomic E-state index is 11.3. The molecule has 1 saturated heterocycles. The molecule has 4 rings (SSSR count). The number of nitrogens with one attached hydrogen (secondary N) is 2. The second kappa shape index (κ2) is 6.60. The van der Waals surface area contributed by atoms with Crippen molar-refractivity contribution in [2.24, 2.45) is 0 Å². The number of benzene rings is 1. The summed E-state index contributed by atoms with van der Waals surface area (Å²) in [7, 11) is 0. The van der Waals surface area contributed by atoms with Crippen LogP contribution in [0.5, 0.6) is 0 Å². The molecule has 26 heavy (non-hydrogen) atoms. The Morgan fingerprint density at radius 3 is 2.85 bits per heavy atom. The largest absolute Gasteiger partial charge is 0.378 e. The number of nitrogen functional groups attached to an aromatic ring is 1. The highest BCUT2D eigenvalue weighted by molar-refractivity contribution is 5.99. The molecule has 0 bridgehead atoms. The summed E-state index contributed by atoms with van der Waals surface area (Å²) in [5.41, 5.74) is 8.35. The van der Waals surface area contributed by atoms with Gasteiger partial charge in [-0.05, 0) is 12.1 Å². The smallest absolute Gasteiger partial charge is 0.222 e. The van der Waals surface area contributed by atoms with Crippen molar-refractivity contribution in [3.8, 4) is 11.3 Å². The SMILES string of the molecule is CC(=O)Nc1n[nH]c2cc(-c3cc(N4CCOCC4)nc(N)n3)ccc12. The predicted octanol–water partition coefficient (Wildman–Crippen LogP) is 1.40. The molecule has 0 spiro atoms. The molecule has 1 aliphatic rings. The van der Waals surface area contributed by atoms with Crippen LogP contribution in [0.25, 0.3) is 22.2 Å². The number of rotatable bonds is 3. The number of nitrogens with two attached hydrogens (primary N) is 1. The van der Waals surface area contributed by atoms with Gasteiger partial charge < -0.3 is 20.7 Å². The standard InChI is InChI=1S/C17H19N7O2/c1-10(25)19-16-12-3-2-11(8-14(12)22-23-16)13-9-15(21-17(18)20-13)24-4-6-26-7-5-24/h2-3,8-9H,4-7H2,1H3,(H2,18,20,21)(H2,19,22,23,25). The first-order valence-corrected chi connectivity index (χ1v) is 8.33. The summed E-state index contributed by atoms with van der Waals surface area (Å²) < 4.78 is 5.39. The Hall–Kier alpha value is -3.20. The summed E-state index contributed by atoms with van der Waals surface area (Å²) in [6.45, 7) is 4.34. The van der Waals surface area contributed by atoms with Gasteiger partial charge in [-0.25, -0.2) is 4.98 Å². The number of fused-ring (bicyclic) bond motifs is 1. The fourth-order valence-corrected chi connectivity index (χ4v) is 3.00. The molecular formula is C17H19N7O2. The van der Waals surface area contributed by atoms with E-state index in [4.69, 9.17) is 10.5 Å². The van der Waals surface area contributed by atoms with Gasteiger partial charge in [-0.15, -0.1) is 0 Å². The van der Waals surface area contributed by atoms with Crippen LogP contribution in [-0.2, 0) is 9.53 Å². The first kappa shape index (κ1) is 16.3. The van der Waals surface area contributed by atoms with Crippen molar-refractivity contribution in [1.82, 2.24) is 20.2 Å². The molecule has 9 heteroatoms. The van der Waals surface area contributed by atoms with Gasteiger partial charge in [0.05, 0.1) is 24.4 Å². The summed E-state index contributed by atoms with van der Waals surface area (Å²) in [6.07, 6.45) is 0. The normalized spacial score (nSPS) is 14.6. The molecular weight excluding hydrogens is 334 g/mol. The van der Waals surface area contributed by atoms with E-state index in [1.807, 2.05) is 24.3 Å². The van der Waals surface area contributed by atoms with Crippen LogP contribution < -0.4 is 16.0 Å². The van der Waals surface area contributed by atoms with Crippen molar-refractivity contribution >= 4 is 34.4 Å². The minimum Gasteiger partial charge on any atom is -0.378 e. The number of ether oxygens (including phenoxy) is 1. The highest BCUT2D eigenvalue weighted by atomic mass is 16.5. The van der Waals surface area contributed by atoms with Gasteiger partial charge in [-0.3, -0.25) is 9.89 Å². The number of nitrogens with zero attached hydrogens (tertiary/aromatic N) is 4. The van der Waals surface area contributed by atoms with Crippen molar-refractivity contribution in [2.75, 3.05) is 42.3 Å². The van der Waals surface area contributed by atoms with E-state index in [1.165, 1.54) is 6.92 Å². The maximum absolute atomic E-state index is 11.3. The number of amides is 1. The number of morpholine rings is 1. The summed E-state index contributed by atoms with van der Waals surface area (Å²) in [5, 5.41) is 10.6. The first-order chi connectivity index (χ1) is 12.6. The highest BCUT2D eigenvalue weighted by Gasteiger charge is 2.16. The van der Waals surface area contributed by atoms with Crippen LogP contribution in [0.3, 0.4) is 0 Å². The molecule has 9 nitrogen and oxygen atoms in total. The number of H-pyrrole nitrogens is 1. The Balaban J connectivity index is 1.70. The van der Waals surface area contributed by atoms with Crippen molar-refractivity contribution in [1.29, 1.82) is 0 Å². The Bertz CT molecular complexity index is 963. The van der Waals surface area contributed by atoms with E-state index >= 15 is 0 Å². The van der Waals surface area contributed by atoms with Gasteiger partial charge in [0.15, 0.2) is 5.82 Å². The zero-order chi connectivity index (χ0) is 18.1. The topological polar surface area (TPSA) is 122 Å². The molecule has 1 amide bonds. The Kier molecular flexibility index (Phi) is 4.13. The van der Waals surface area contributed by atoms with Crippen LogP contribution in [0, 0.1) is 0 Å². The molecule has 1 aromatic carbocycles. The van der Waals surface area contributed by atoms with Gasteiger partial charge >= 0.3 is 0 Å². The summed E-state index contributed by atoms with van der Waals surface area (Å²) in [4.78, 5) is 22.1. The average molecular weight is 353 g/mol. The lowest BCUT2D eigenvalue weighted by atomic mass is 10.1. The third-order valence-corrected chi connectivity index (χ3v) is 4.22. The summed E-state index contributed by atoms with van der Waals surface area (Å²) >= 11 is 0. The molecule has 0 radical (unpaired) electrons. The van der Waals surface area contributed by atoms with Crippen LogP contribution in [0.15, 0.2) is 24.3 Å². The zero-order valence-electron chi connectivity index (χ0n) is 14.3. The molecule has 0 saturated carbocycles. The lowest BCUT2D eigenvalue weighted by Gasteiger charge is -2.28. The van der Waals surface area contributed by atoms with E-state index in [0.29, 0.717) is 19.0 Å². The molecule has 0 aliphatic carbocycles. The van der Waals surface area contributed by atoms with Crippen LogP contribution >= 0.6 is 0 Å². The van der Waals surface area contributed by atoms with Crippen LogP contribution in [0.2, 0.25) is 0 Å². The van der Waals surface area contributed by atoms with E-state index in [0.717, 1.165) is 41.1 Å². The van der Waals surface area contributed by atoms with Crippen molar-refractivity contribution in [3.63, 3.8) is 0 Å². The highest BCUT2D eigenvalue weighted by Crippen LogP contribution is 2.28. The van der Waals surface area contributed by atoms with Gasteiger partial charge in [0, 0.05) is 37.0 Å².